The Morgan fingerprint density at radius 2 is 1.38 bits per heavy atom. The normalized spacial score (nSPS) is 15.9. The molecule has 3 aromatic carbocycles. The Labute approximate surface area is 199 Å². The molecule has 0 aliphatic carbocycles. The number of carbonyl (C=O) groups is 2. The van der Waals surface area contributed by atoms with E-state index in [2.05, 4.69) is 22.3 Å². The molecule has 0 bridgehead atoms. The summed E-state index contributed by atoms with van der Waals surface area (Å²) < 4.78 is 5.22. The van der Waals surface area contributed by atoms with Crippen LogP contribution in [0.4, 0.5) is 17.1 Å². The van der Waals surface area contributed by atoms with E-state index in [4.69, 9.17) is 4.74 Å². The molecule has 3 aromatic rings. The molecule has 0 spiro atoms. The minimum atomic E-state index is -0.380. The van der Waals surface area contributed by atoms with Gasteiger partial charge in [0.15, 0.2) is 0 Å². The highest BCUT2D eigenvalue weighted by molar-refractivity contribution is 6.46. The Balaban J connectivity index is 1.50. The van der Waals surface area contributed by atoms with Crippen LogP contribution >= 0.6 is 0 Å². The summed E-state index contributed by atoms with van der Waals surface area (Å²) in [5, 5.41) is 3.25. The second-order valence-corrected chi connectivity index (χ2v) is 8.63. The van der Waals surface area contributed by atoms with Gasteiger partial charge in [0.25, 0.3) is 11.8 Å². The first-order valence-corrected chi connectivity index (χ1v) is 11.5. The molecule has 0 unspecified atom stereocenters. The quantitative estimate of drug-likeness (QED) is 0.532. The van der Waals surface area contributed by atoms with Crippen molar-refractivity contribution < 1.29 is 14.3 Å². The van der Waals surface area contributed by atoms with Gasteiger partial charge in [0.1, 0.15) is 11.4 Å². The van der Waals surface area contributed by atoms with Crippen LogP contribution in [0.3, 0.4) is 0 Å². The van der Waals surface area contributed by atoms with Gasteiger partial charge in [-0.25, -0.2) is 4.90 Å². The maximum Gasteiger partial charge on any atom is 0.282 e. The van der Waals surface area contributed by atoms with Crippen molar-refractivity contribution in [2.24, 2.45) is 0 Å². The number of ether oxygens (including phenoxy) is 1. The van der Waals surface area contributed by atoms with Gasteiger partial charge in [-0.15, -0.1) is 0 Å². The van der Waals surface area contributed by atoms with Gasteiger partial charge in [0.2, 0.25) is 0 Å². The molecule has 0 atom stereocenters. The summed E-state index contributed by atoms with van der Waals surface area (Å²) in [4.78, 5) is 30.7. The fourth-order valence-electron chi connectivity index (χ4n) is 4.47. The number of nitrogens with one attached hydrogen (secondary N) is 1. The number of amides is 2. The van der Waals surface area contributed by atoms with E-state index < -0.39 is 0 Å². The van der Waals surface area contributed by atoms with Crippen LogP contribution in [0.2, 0.25) is 0 Å². The van der Waals surface area contributed by atoms with Crippen LogP contribution in [-0.4, -0.2) is 32.0 Å². The summed E-state index contributed by atoms with van der Waals surface area (Å²) in [6.07, 6.45) is 2.43. The first-order chi connectivity index (χ1) is 16.5. The van der Waals surface area contributed by atoms with Crippen molar-refractivity contribution in [3.05, 3.63) is 89.6 Å². The Bertz CT molecular complexity index is 1240. The van der Waals surface area contributed by atoms with E-state index in [9.17, 15) is 9.59 Å². The van der Waals surface area contributed by atoms with Crippen LogP contribution in [-0.2, 0) is 9.59 Å². The standard InChI is InChI=1S/C28H27N3O3/c1-19-5-7-20(8-6-19)25-26(29-21-9-11-22(12-10-21)30-17-3-4-18-30)28(33)31(27(25)32)23-13-15-24(34-2)16-14-23/h5-16,29H,3-4,17-18H2,1-2H3. The molecular weight excluding hydrogens is 426 g/mol. The number of nitrogens with zero attached hydrogens (tertiary/aromatic N) is 2. The number of hydrogen-bond acceptors (Lipinski definition) is 5. The maximum absolute atomic E-state index is 13.6. The van der Waals surface area contributed by atoms with Crippen molar-refractivity contribution in [1.29, 1.82) is 0 Å². The van der Waals surface area contributed by atoms with Crippen LogP contribution < -0.4 is 19.9 Å². The van der Waals surface area contributed by atoms with E-state index in [1.807, 2.05) is 43.3 Å². The topological polar surface area (TPSA) is 61.9 Å². The van der Waals surface area contributed by atoms with Crippen molar-refractivity contribution in [2.75, 3.05) is 35.3 Å². The highest BCUT2D eigenvalue weighted by Gasteiger charge is 2.40. The zero-order valence-electron chi connectivity index (χ0n) is 19.4. The van der Waals surface area contributed by atoms with E-state index in [1.165, 1.54) is 23.4 Å². The lowest BCUT2D eigenvalue weighted by Crippen LogP contribution is -2.32. The Hall–Kier alpha value is -4.06. The Morgan fingerprint density at radius 1 is 0.765 bits per heavy atom. The minimum Gasteiger partial charge on any atom is -0.497 e. The first-order valence-electron chi connectivity index (χ1n) is 11.5. The molecule has 1 N–H and O–H groups in total. The predicted molar refractivity (Wildman–Crippen MR) is 135 cm³/mol. The van der Waals surface area contributed by atoms with Gasteiger partial charge < -0.3 is 15.0 Å². The molecule has 0 radical (unpaired) electrons. The number of aryl methyl sites for hydroxylation is 1. The summed E-state index contributed by atoms with van der Waals surface area (Å²) in [6.45, 7) is 4.13. The SMILES string of the molecule is COc1ccc(N2C(=O)C(Nc3ccc(N4CCCC4)cc3)=C(c3ccc(C)cc3)C2=O)cc1. The van der Waals surface area contributed by atoms with Crippen LogP contribution in [0, 0.1) is 6.92 Å². The molecule has 0 aromatic heterocycles. The second kappa shape index (κ2) is 9.06. The van der Waals surface area contributed by atoms with E-state index in [0.717, 1.165) is 24.3 Å². The summed E-state index contributed by atoms with van der Waals surface area (Å²) in [5.41, 5.74) is 4.87. The molecule has 6 heteroatoms. The van der Waals surface area contributed by atoms with Gasteiger partial charge in [0, 0.05) is 24.5 Å². The smallest absolute Gasteiger partial charge is 0.282 e. The van der Waals surface area contributed by atoms with Crippen molar-refractivity contribution in [1.82, 2.24) is 0 Å². The molecule has 2 aliphatic rings. The van der Waals surface area contributed by atoms with E-state index >= 15 is 0 Å². The lowest BCUT2D eigenvalue weighted by Gasteiger charge is -2.18. The zero-order chi connectivity index (χ0) is 23.7. The molecule has 0 saturated carbocycles. The van der Waals surface area contributed by atoms with Crippen LogP contribution in [0.1, 0.15) is 24.0 Å². The number of carbonyl (C=O) groups excluding carboxylic acids is 2. The third-order valence-electron chi connectivity index (χ3n) is 6.36. The van der Waals surface area contributed by atoms with Crippen molar-refractivity contribution in [3.63, 3.8) is 0 Å². The number of methoxy groups -OCH3 is 1. The van der Waals surface area contributed by atoms with Crippen molar-refractivity contribution in [2.45, 2.75) is 19.8 Å². The highest BCUT2D eigenvalue weighted by atomic mass is 16.5. The fraction of sp³-hybridized carbons (Fsp3) is 0.214. The summed E-state index contributed by atoms with van der Waals surface area (Å²) in [6, 6.07) is 22.6. The Kier molecular flexibility index (Phi) is 5.80. The van der Waals surface area contributed by atoms with Crippen LogP contribution in [0.5, 0.6) is 5.75 Å². The minimum absolute atomic E-state index is 0.276. The number of rotatable bonds is 6. The second-order valence-electron chi connectivity index (χ2n) is 8.63. The lowest BCUT2D eigenvalue weighted by molar-refractivity contribution is -0.120. The van der Waals surface area contributed by atoms with Crippen molar-refractivity contribution >= 4 is 34.4 Å². The van der Waals surface area contributed by atoms with Gasteiger partial charge in [-0.3, -0.25) is 9.59 Å². The van der Waals surface area contributed by atoms with Gasteiger partial charge in [-0.2, -0.15) is 0 Å². The summed E-state index contributed by atoms with van der Waals surface area (Å²) in [5.74, 6) is -0.0735. The molecule has 2 heterocycles. The largest absolute Gasteiger partial charge is 0.497 e. The molecule has 34 heavy (non-hydrogen) atoms. The number of hydrogen-bond donors (Lipinski definition) is 1. The average molecular weight is 454 g/mol. The van der Waals surface area contributed by atoms with Gasteiger partial charge in [-0.1, -0.05) is 29.8 Å². The molecule has 2 amide bonds. The fourth-order valence-corrected chi connectivity index (χ4v) is 4.47. The molecule has 172 valence electrons. The summed E-state index contributed by atoms with van der Waals surface area (Å²) in [7, 11) is 1.58. The zero-order valence-corrected chi connectivity index (χ0v) is 19.4. The van der Waals surface area contributed by atoms with Gasteiger partial charge in [-0.05, 0) is 73.9 Å². The Morgan fingerprint density at radius 3 is 2.00 bits per heavy atom. The molecule has 1 saturated heterocycles. The van der Waals surface area contributed by atoms with Crippen molar-refractivity contribution in [3.8, 4) is 5.75 Å². The highest BCUT2D eigenvalue weighted by Crippen LogP contribution is 2.35. The number of benzene rings is 3. The third kappa shape index (κ3) is 4.03. The van der Waals surface area contributed by atoms with E-state index in [-0.39, 0.29) is 17.5 Å². The number of anilines is 3. The monoisotopic (exact) mass is 453 g/mol. The van der Waals surface area contributed by atoms with E-state index in [1.54, 1.807) is 31.4 Å². The molecule has 5 rings (SSSR count). The maximum atomic E-state index is 13.6. The molecule has 2 aliphatic heterocycles. The molecule has 6 nitrogen and oxygen atoms in total. The van der Waals surface area contributed by atoms with Crippen LogP contribution in [0.15, 0.2) is 78.5 Å². The predicted octanol–water partition coefficient (Wildman–Crippen LogP) is 5.00. The first kappa shape index (κ1) is 21.8. The summed E-state index contributed by atoms with van der Waals surface area (Å²) >= 11 is 0. The molecule has 1 fully saturated rings. The molecular formula is C28H27N3O3. The number of imide groups is 1. The van der Waals surface area contributed by atoms with Gasteiger partial charge >= 0.3 is 0 Å². The van der Waals surface area contributed by atoms with E-state index in [0.29, 0.717) is 22.6 Å². The van der Waals surface area contributed by atoms with Gasteiger partial charge in [0.05, 0.1) is 18.4 Å². The third-order valence-corrected chi connectivity index (χ3v) is 6.36. The average Bonchev–Trinajstić information content (AvgIpc) is 3.48. The lowest BCUT2D eigenvalue weighted by atomic mass is 10.0. The van der Waals surface area contributed by atoms with Crippen LogP contribution in [0.25, 0.3) is 5.57 Å².